The quantitative estimate of drug-likeness (QED) is 0.417. The maximum absolute atomic E-state index is 14.3. The van der Waals surface area contributed by atoms with Gasteiger partial charge in [-0.3, -0.25) is 9.59 Å². The van der Waals surface area contributed by atoms with Gasteiger partial charge in [-0.05, 0) is 91.4 Å². The van der Waals surface area contributed by atoms with E-state index in [0.717, 1.165) is 32.1 Å². The van der Waals surface area contributed by atoms with Crippen molar-refractivity contribution in [3.05, 3.63) is 34.8 Å². The minimum Gasteiger partial charge on any atom is -0.481 e. The summed E-state index contributed by atoms with van der Waals surface area (Å²) in [5.74, 6) is -0.949. The first-order valence-corrected chi connectivity index (χ1v) is 13.6. The zero-order valence-electron chi connectivity index (χ0n) is 23.0. The second-order valence-electron chi connectivity index (χ2n) is 14.6. The predicted octanol–water partition coefficient (Wildman–Crippen LogP) is 6.64. The van der Waals surface area contributed by atoms with Gasteiger partial charge in [-0.15, -0.1) is 0 Å². The highest BCUT2D eigenvalue weighted by atomic mass is 16.4. The smallest absolute Gasteiger partial charge is 0.309 e. The number of rotatable bonds is 1. The summed E-state index contributed by atoms with van der Waals surface area (Å²) in [5.41, 5.74) is -1.21. The Bertz CT molecular complexity index is 1190. The summed E-state index contributed by atoms with van der Waals surface area (Å²) in [7, 11) is 0. The SMILES string of the molecule is [C-]#[N+]C1=C[C@]2(C)[C@H]3C(=O)C=C4[C@@H]5C[C@@](C)(C(=O)O)CC[C@]5(C)CC[C@@]4(C)[C@]3(C)CC[C@H]2C(C)(C)C1=O. The number of hydrogen-bond donors (Lipinski definition) is 1. The maximum atomic E-state index is 14.3. The molecule has 5 nitrogen and oxygen atoms in total. The summed E-state index contributed by atoms with van der Waals surface area (Å²) in [6.45, 7) is 22.5. The predicted molar refractivity (Wildman–Crippen MR) is 138 cm³/mol. The van der Waals surface area contributed by atoms with E-state index in [9.17, 15) is 19.5 Å². The molecular weight excluding hydrogens is 450 g/mol. The molecule has 0 radical (unpaired) electrons. The number of allylic oxidation sites excluding steroid dienone is 4. The minimum absolute atomic E-state index is 0.00224. The van der Waals surface area contributed by atoms with Crippen LogP contribution in [0, 0.1) is 56.8 Å². The Labute approximate surface area is 215 Å². The van der Waals surface area contributed by atoms with Gasteiger partial charge in [0, 0.05) is 11.3 Å². The number of carboxylic acids is 1. The molecule has 0 aromatic heterocycles. The molecule has 0 spiro atoms. The third-order valence-corrected chi connectivity index (χ3v) is 12.5. The largest absolute Gasteiger partial charge is 0.481 e. The van der Waals surface area contributed by atoms with E-state index in [0.29, 0.717) is 12.8 Å². The van der Waals surface area contributed by atoms with Gasteiger partial charge in [-0.1, -0.05) is 53.2 Å². The van der Waals surface area contributed by atoms with Crippen LogP contribution in [-0.2, 0) is 14.4 Å². The second-order valence-corrected chi connectivity index (χ2v) is 14.6. The minimum atomic E-state index is -0.769. The number of ketones is 2. The molecule has 3 fully saturated rings. The standard InChI is InChI=1S/C31H41NO4/c1-26(2)22-9-10-31(7)23(29(22,5)17-20(32-8)24(26)34)21(33)15-18-19-16-28(4,25(35)36)12-11-27(19,3)13-14-30(18,31)6/h15,17,19,22-23H,9-14,16H2,1-7H3,(H,35,36)/t19-,22-,23+,27+,28-,29-,30+,31+/m0/s1. The lowest BCUT2D eigenvalue weighted by molar-refractivity contribution is -0.172. The molecule has 0 heterocycles. The van der Waals surface area contributed by atoms with E-state index < -0.39 is 22.2 Å². The Hall–Kier alpha value is -2.22. The van der Waals surface area contributed by atoms with Gasteiger partial charge in [0.2, 0.25) is 5.70 Å². The molecule has 36 heavy (non-hydrogen) atoms. The van der Waals surface area contributed by atoms with Crippen LogP contribution in [0.25, 0.3) is 4.85 Å². The zero-order chi connectivity index (χ0) is 26.7. The number of carbonyl (C=O) groups is 3. The van der Waals surface area contributed by atoms with E-state index >= 15 is 0 Å². The second kappa shape index (κ2) is 7.21. The van der Waals surface area contributed by atoms with Crippen LogP contribution in [0.15, 0.2) is 23.4 Å². The third-order valence-electron chi connectivity index (χ3n) is 12.5. The molecule has 5 heteroatoms. The molecule has 5 aliphatic rings. The Balaban J connectivity index is 1.68. The summed E-state index contributed by atoms with van der Waals surface area (Å²) in [6, 6.07) is 0. The highest BCUT2D eigenvalue weighted by molar-refractivity contribution is 6.03. The fourth-order valence-corrected chi connectivity index (χ4v) is 9.95. The van der Waals surface area contributed by atoms with Gasteiger partial charge in [0.05, 0.1) is 12.0 Å². The molecule has 0 bridgehead atoms. The molecule has 1 N–H and O–H groups in total. The lowest BCUT2D eigenvalue weighted by Gasteiger charge is -2.69. The number of aliphatic carboxylic acids is 1. The van der Waals surface area contributed by atoms with Crippen molar-refractivity contribution in [1.29, 1.82) is 0 Å². The molecular formula is C31H41NO4. The third kappa shape index (κ3) is 2.85. The van der Waals surface area contributed by atoms with Crippen LogP contribution in [0.2, 0.25) is 0 Å². The van der Waals surface area contributed by atoms with Crippen LogP contribution in [0.1, 0.15) is 93.4 Å². The van der Waals surface area contributed by atoms with Crippen molar-refractivity contribution in [3.63, 3.8) is 0 Å². The fraction of sp³-hybridized carbons (Fsp3) is 0.742. The van der Waals surface area contributed by atoms with E-state index in [-0.39, 0.29) is 51.3 Å². The first kappa shape index (κ1) is 25.4. The zero-order valence-corrected chi connectivity index (χ0v) is 23.0. The summed E-state index contributed by atoms with van der Waals surface area (Å²) in [6.07, 6.45) is 9.61. The monoisotopic (exact) mass is 491 g/mol. The molecule has 0 aromatic carbocycles. The summed E-state index contributed by atoms with van der Waals surface area (Å²) >= 11 is 0. The lowest BCUT2D eigenvalue weighted by atomic mass is 9.34. The topological polar surface area (TPSA) is 75.8 Å². The van der Waals surface area contributed by atoms with Gasteiger partial charge in [0.15, 0.2) is 11.6 Å². The normalized spacial score (nSPS) is 49.3. The molecule has 194 valence electrons. The average molecular weight is 492 g/mol. The summed E-state index contributed by atoms with van der Waals surface area (Å²) in [4.78, 5) is 43.3. The van der Waals surface area contributed by atoms with Gasteiger partial charge in [-0.2, -0.15) is 0 Å². The number of nitrogens with zero attached hydrogens (tertiary/aromatic N) is 1. The number of carbonyl (C=O) groups excluding carboxylic acids is 2. The Morgan fingerprint density at radius 3 is 2.25 bits per heavy atom. The molecule has 0 aromatic rings. The van der Waals surface area contributed by atoms with Crippen molar-refractivity contribution >= 4 is 17.5 Å². The van der Waals surface area contributed by atoms with Gasteiger partial charge >= 0.3 is 5.97 Å². The Kier molecular flexibility index (Phi) is 5.09. The van der Waals surface area contributed by atoms with Gasteiger partial charge in [0.25, 0.3) is 0 Å². The molecule has 0 aliphatic heterocycles. The number of Topliss-reactive ketones (excluding diaryl/α,β-unsaturated/α-hetero) is 1. The van der Waals surface area contributed by atoms with Crippen molar-refractivity contribution in [2.45, 2.75) is 93.4 Å². The number of hydrogen-bond acceptors (Lipinski definition) is 3. The van der Waals surface area contributed by atoms with Crippen LogP contribution in [0.4, 0.5) is 0 Å². The molecule has 0 unspecified atom stereocenters. The van der Waals surface area contributed by atoms with E-state index in [1.165, 1.54) is 5.57 Å². The summed E-state index contributed by atoms with van der Waals surface area (Å²) in [5, 5.41) is 10.1. The van der Waals surface area contributed by atoms with Crippen molar-refractivity contribution in [2.75, 3.05) is 0 Å². The highest BCUT2D eigenvalue weighted by Gasteiger charge is 2.70. The van der Waals surface area contributed by atoms with Crippen LogP contribution in [-0.4, -0.2) is 22.6 Å². The lowest BCUT2D eigenvalue weighted by Crippen LogP contribution is -2.65. The average Bonchev–Trinajstić information content (AvgIpc) is 2.78. The summed E-state index contributed by atoms with van der Waals surface area (Å²) < 4.78 is 0. The molecule has 3 saturated carbocycles. The molecule has 8 atom stereocenters. The first-order valence-electron chi connectivity index (χ1n) is 13.6. The molecule has 0 saturated heterocycles. The molecule has 5 aliphatic carbocycles. The van der Waals surface area contributed by atoms with E-state index in [4.69, 9.17) is 6.57 Å². The molecule has 5 rings (SSSR count). The van der Waals surface area contributed by atoms with Crippen LogP contribution < -0.4 is 0 Å². The van der Waals surface area contributed by atoms with E-state index in [1.807, 2.05) is 32.9 Å². The Morgan fingerprint density at radius 1 is 1.00 bits per heavy atom. The van der Waals surface area contributed by atoms with Crippen LogP contribution in [0.5, 0.6) is 0 Å². The van der Waals surface area contributed by atoms with Crippen molar-refractivity contribution in [1.82, 2.24) is 0 Å². The number of carboxylic acid groups (broad SMARTS) is 1. The van der Waals surface area contributed by atoms with E-state index in [1.54, 1.807) is 0 Å². The highest BCUT2D eigenvalue weighted by Crippen LogP contribution is 2.74. The van der Waals surface area contributed by atoms with Crippen molar-refractivity contribution in [3.8, 4) is 0 Å². The first-order chi connectivity index (χ1) is 16.5. The van der Waals surface area contributed by atoms with Gasteiger partial charge < -0.3 is 9.90 Å². The van der Waals surface area contributed by atoms with Crippen LogP contribution in [0.3, 0.4) is 0 Å². The van der Waals surface area contributed by atoms with Crippen molar-refractivity contribution < 1.29 is 19.5 Å². The number of fused-ring (bicyclic) bond motifs is 7. The maximum Gasteiger partial charge on any atom is 0.309 e. The van der Waals surface area contributed by atoms with Gasteiger partial charge in [-0.25, -0.2) is 4.85 Å². The van der Waals surface area contributed by atoms with Crippen LogP contribution >= 0.6 is 0 Å². The Morgan fingerprint density at radius 2 is 1.64 bits per heavy atom. The fourth-order valence-electron chi connectivity index (χ4n) is 9.95. The van der Waals surface area contributed by atoms with E-state index in [2.05, 4.69) is 32.5 Å². The molecule has 0 amide bonds. The van der Waals surface area contributed by atoms with Crippen molar-refractivity contribution in [2.24, 2.45) is 50.2 Å². The van der Waals surface area contributed by atoms with Gasteiger partial charge in [0.1, 0.15) is 0 Å².